The Morgan fingerprint density at radius 2 is 2.27 bits per heavy atom. The smallest absolute Gasteiger partial charge is 0.0925 e. The Morgan fingerprint density at radius 3 is 2.82 bits per heavy atom. The largest absolute Gasteiger partial charge is 0.512 e. The fourth-order valence-electron chi connectivity index (χ4n) is 1.16. The summed E-state index contributed by atoms with van der Waals surface area (Å²) in [5.74, 6) is 0.512. The van der Waals surface area contributed by atoms with Crippen LogP contribution in [0.5, 0.6) is 0 Å². The number of aliphatic hydroxyl groups is 1. The van der Waals surface area contributed by atoms with Crippen LogP contribution in [0.1, 0.15) is 19.3 Å². The van der Waals surface area contributed by atoms with Crippen LogP contribution >= 0.6 is 0 Å². The van der Waals surface area contributed by atoms with E-state index in [1.807, 2.05) is 13.1 Å². The molecule has 0 saturated carbocycles. The molecule has 2 nitrogen and oxygen atoms in total. The minimum absolute atomic E-state index is 0.512. The van der Waals surface area contributed by atoms with E-state index in [0.29, 0.717) is 5.76 Å². The van der Waals surface area contributed by atoms with Crippen molar-refractivity contribution < 1.29 is 5.11 Å². The number of nitrogens with one attached hydrogen (secondary N) is 1. The lowest BCUT2D eigenvalue weighted by molar-refractivity contribution is 0.385. The van der Waals surface area contributed by atoms with Crippen molar-refractivity contribution in [1.29, 1.82) is 0 Å². The molecule has 0 heterocycles. The molecule has 0 spiro atoms. The molecule has 1 aliphatic carbocycles. The van der Waals surface area contributed by atoms with Gasteiger partial charge in [-0.2, -0.15) is 0 Å². The Hall–Kier alpha value is -0.760. The van der Waals surface area contributed by atoms with Gasteiger partial charge in [-0.25, -0.2) is 0 Å². The average Bonchev–Trinajstić information content (AvgIpc) is 2.04. The maximum absolute atomic E-state index is 9.05. The summed E-state index contributed by atoms with van der Waals surface area (Å²) < 4.78 is 0. The summed E-state index contributed by atoms with van der Waals surface area (Å²) in [6.07, 6.45) is 6.75. The summed E-state index contributed by atoms with van der Waals surface area (Å²) in [5.41, 5.74) is 1.43. The van der Waals surface area contributed by atoms with E-state index in [0.717, 1.165) is 25.8 Å². The first-order valence-corrected chi connectivity index (χ1v) is 4.05. The zero-order chi connectivity index (χ0) is 8.10. The molecule has 0 aliphatic heterocycles. The Kier molecular flexibility index (Phi) is 3.17. The first-order valence-electron chi connectivity index (χ1n) is 4.05. The van der Waals surface area contributed by atoms with Crippen molar-refractivity contribution in [2.45, 2.75) is 19.3 Å². The van der Waals surface area contributed by atoms with Crippen molar-refractivity contribution in [3.8, 4) is 0 Å². The number of aliphatic hydroxyl groups excluding tert-OH is 1. The number of rotatable bonds is 3. The van der Waals surface area contributed by atoms with Crippen LogP contribution in [0.3, 0.4) is 0 Å². The summed E-state index contributed by atoms with van der Waals surface area (Å²) in [7, 11) is 1.96. The molecule has 1 rings (SSSR count). The van der Waals surface area contributed by atoms with Gasteiger partial charge in [-0.1, -0.05) is 11.6 Å². The van der Waals surface area contributed by atoms with Gasteiger partial charge < -0.3 is 10.4 Å². The van der Waals surface area contributed by atoms with E-state index in [1.54, 1.807) is 6.08 Å². The minimum atomic E-state index is 0.512. The highest BCUT2D eigenvalue weighted by Gasteiger charge is 2.03. The quantitative estimate of drug-likeness (QED) is 0.647. The molecule has 11 heavy (non-hydrogen) atoms. The van der Waals surface area contributed by atoms with E-state index in [2.05, 4.69) is 5.32 Å². The van der Waals surface area contributed by atoms with E-state index < -0.39 is 0 Å². The van der Waals surface area contributed by atoms with E-state index in [-0.39, 0.29) is 0 Å². The lowest BCUT2D eigenvalue weighted by atomic mass is 10.0. The van der Waals surface area contributed by atoms with Crippen molar-refractivity contribution in [3.63, 3.8) is 0 Å². The zero-order valence-corrected chi connectivity index (χ0v) is 6.93. The van der Waals surface area contributed by atoms with E-state index in [9.17, 15) is 0 Å². The molecule has 2 heteroatoms. The molecule has 0 saturated heterocycles. The molecular weight excluding hydrogens is 138 g/mol. The van der Waals surface area contributed by atoms with Crippen molar-refractivity contribution in [3.05, 3.63) is 23.5 Å². The van der Waals surface area contributed by atoms with Crippen molar-refractivity contribution in [2.75, 3.05) is 13.6 Å². The SMILES string of the molecule is CNCCC1=CC=C(O)CC1. The first kappa shape index (κ1) is 8.34. The molecule has 0 atom stereocenters. The van der Waals surface area contributed by atoms with Gasteiger partial charge in [0.2, 0.25) is 0 Å². The highest BCUT2D eigenvalue weighted by molar-refractivity contribution is 5.20. The molecule has 2 N–H and O–H groups in total. The third kappa shape index (κ3) is 2.76. The third-order valence-corrected chi connectivity index (χ3v) is 1.91. The van der Waals surface area contributed by atoms with Gasteiger partial charge in [0.1, 0.15) is 0 Å². The number of allylic oxidation sites excluding steroid dienone is 3. The molecule has 0 unspecified atom stereocenters. The van der Waals surface area contributed by atoms with Crippen molar-refractivity contribution in [2.24, 2.45) is 0 Å². The monoisotopic (exact) mass is 153 g/mol. The normalized spacial score (nSPS) is 17.5. The van der Waals surface area contributed by atoms with Crippen LogP contribution in [-0.4, -0.2) is 18.7 Å². The first-order chi connectivity index (χ1) is 5.33. The molecule has 0 fully saturated rings. The summed E-state index contributed by atoms with van der Waals surface area (Å²) in [6.45, 7) is 1.03. The van der Waals surface area contributed by atoms with Gasteiger partial charge >= 0.3 is 0 Å². The molecule has 0 bridgehead atoms. The summed E-state index contributed by atoms with van der Waals surface area (Å²) in [4.78, 5) is 0. The van der Waals surface area contributed by atoms with E-state index in [4.69, 9.17) is 5.11 Å². The second kappa shape index (κ2) is 4.19. The predicted molar refractivity (Wildman–Crippen MR) is 46.6 cm³/mol. The fraction of sp³-hybridized carbons (Fsp3) is 0.556. The lowest BCUT2D eigenvalue weighted by Gasteiger charge is -2.10. The molecule has 0 aromatic rings. The highest BCUT2D eigenvalue weighted by atomic mass is 16.3. The van der Waals surface area contributed by atoms with Gasteiger partial charge in [0.15, 0.2) is 0 Å². The Morgan fingerprint density at radius 1 is 1.45 bits per heavy atom. The van der Waals surface area contributed by atoms with Crippen LogP contribution < -0.4 is 5.32 Å². The maximum atomic E-state index is 9.05. The molecule has 62 valence electrons. The highest BCUT2D eigenvalue weighted by Crippen LogP contribution is 2.18. The number of hydrogen-bond acceptors (Lipinski definition) is 2. The second-order valence-electron chi connectivity index (χ2n) is 2.84. The zero-order valence-electron chi connectivity index (χ0n) is 6.93. The lowest BCUT2D eigenvalue weighted by Crippen LogP contribution is -2.09. The summed E-state index contributed by atoms with van der Waals surface area (Å²) in [6, 6.07) is 0. The van der Waals surface area contributed by atoms with Crippen LogP contribution in [0.4, 0.5) is 0 Å². The molecular formula is C9H15NO. The molecule has 0 aromatic heterocycles. The van der Waals surface area contributed by atoms with Gasteiger partial charge in [0.05, 0.1) is 5.76 Å². The van der Waals surface area contributed by atoms with Crippen LogP contribution in [0.2, 0.25) is 0 Å². The van der Waals surface area contributed by atoms with E-state index in [1.165, 1.54) is 5.57 Å². The molecule has 1 aliphatic rings. The Balaban J connectivity index is 2.35. The molecule has 0 aromatic carbocycles. The van der Waals surface area contributed by atoms with Gasteiger partial charge in [0.25, 0.3) is 0 Å². The maximum Gasteiger partial charge on any atom is 0.0925 e. The average molecular weight is 153 g/mol. The Bertz CT molecular complexity index is 182. The molecule has 0 amide bonds. The minimum Gasteiger partial charge on any atom is -0.512 e. The topological polar surface area (TPSA) is 32.3 Å². The van der Waals surface area contributed by atoms with Gasteiger partial charge in [0, 0.05) is 6.42 Å². The predicted octanol–water partition coefficient (Wildman–Crippen LogP) is 1.76. The Labute approximate surface area is 67.6 Å². The van der Waals surface area contributed by atoms with Crippen molar-refractivity contribution in [1.82, 2.24) is 5.32 Å². The third-order valence-electron chi connectivity index (χ3n) is 1.91. The fourth-order valence-corrected chi connectivity index (χ4v) is 1.16. The van der Waals surface area contributed by atoms with Gasteiger partial charge in [-0.05, 0) is 32.5 Å². The van der Waals surface area contributed by atoms with Crippen molar-refractivity contribution >= 4 is 0 Å². The van der Waals surface area contributed by atoms with Crippen LogP contribution in [0.25, 0.3) is 0 Å². The van der Waals surface area contributed by atoms with Crippen LogP contribution in [0, 0.1) is 0 Å². The molecule has 0 radical (unpaired) electrons. The van der Waals surface area contributed by atoms with E-state index >= 15 is 0 Å². The van der Waals surface area contributed by atoms with Gasteiger partial charge in [-0.3, -0.25) is 0 Å². The summed E-state index contributed by atoms with van der Waals surface area (Å²) in [5, 5.41) is 12.2. The standard InChI is InChI=1S/C9H15NO/c1-10-7-6-8-2-4-9(11)5-3-8/h2,4,10-11H,3,5-7H2,1H3. The second-order valence-corrected chi connectivity index (χ2v) is 2.84. The van der Waals surface area contributed by atoms with Crippen LogP contribution in [-0.2, 0) is 0 Å². The van der Waals surface area contributed by atoms with Crippen LogP contribution in [0.15, 0.2) is 23.5 Å². The van der Waals surface area contributed by atoms with Gasteiger partial charge in [-0.15, -0.1) is 0 Å². The summed E-state index contributed by atoms with van der Waals surface area (Å²) >= 11 is 0. The number of hydrogen-bond donors (Lipinski definition) is 2.